The second-order valence-corrected chi connectivity index (χ2v) is 23.0. The fraction of sp³-hybridized carbons (Fsp3) is 0.593. The molecular weight excluding hydrogens is 979 g/mol. The number of likely N-dealkylation sites (tertiary alicyclic amines) is 1. The van der Waals surface area contributed by atoms with Crippen LogP contribution < -0.4 is 42.5 Å². The van der Waals surface area contributed by atoms with Gasteiger partial charge in [0.05, 0.1) is 18.7 Å². The summed E-state index contributed by atoms with van der Waals surface area (Å²) in [5.41, 5.74) is 2.34. The molecule has 0 unspecified atom stereocenters. The molecular formula is C59H85N9O9. The van der Waals surface area contributed by atoms with Gasteiger partial charge in [-0.2, -0.15) is 0 Å². The van der Waals surface area contributed by atoms with Gasteiger partial charge in [0, 0.05) is 36.7 Å². The molecule has 6 rings (SSSR count). The van der Waals surface area contributed by atoms with Crippen molar-refractivity contribution in [3.8, 4) is 0 Å². The highest BCUT2D eigenvalue weighted by Gasteiger charge is 2.46. The molecule has 9 atom stereocenters. The first-order chi connectivity index (χ1) is 36.6. The van der Waals surface area contributed by atoms with Crippen molar-refractivity contribution in [1.29, 1.82) is 0 Å². The van der Waals surface area contributed by atoms with Gasteiger partial charge in [0.15, 0.2) is 5.78 Å². The number of likely N-dealkylation sites (N-methyl/N-ethyl adjacent to an activating group) is 2. The van der Waals surface area contributed by atoms with Gasteiger partial charge in [0.2, 0.25) is 35.4 Å². The molecule has 1 saturated heterocycles. The lowest BCUT2D eigenvalue weighted by Gasteiger charge is -2.36. The summed E-state index contributed by atoms with van der Waals surface area (Å²) in [5.74, 6) is -3.41. The topological polar surface area (TPSA) is 256 Å². The van der Waals surface area contributed by atoms with Crippen LogP contribution in [-0.4, -0.2) is 133 Å². The Balaban J connectivity index is 1.13. The number of aliphatic hydroxyl groups excluding tert-OH is 1. The van der Waals surface area contributed by atoms with Crippen LogP contribution >= 0.6 is 0 Å². The van der Waals surface area contributed by atoms with Gasteiger partial charge in [-0.1, -0.05) is 96.3 Å². The second kappa shape index (κ2) is 27.4. The van der Waals surface area contributed by atoms with Crippen molar-refractivity contribution >= 4 is 57.9 Å². The van der Waals surface area contributed by atoms with Crippen LogP contribution in [0.2, 0.25) is 0 Å². The smallest absolute Gasteiger partial charge is 0.251 e. The summed E-state index contributed by atoms with van der Waals surface area (Å²) >= 11 is 0. The maximum atomic E-state index is 14.7. The van der Waals surface area contributed by atoms with E-state index in [4.69, 9.17) is 0 Å². The number of Topliss-reactive ketones (excluding diaryl/α,β-unsaturated/α-hetero) is 1. The molecule has 0 spiro atoms. The predicted octanol–water partition coefficient (Wildman–Crippen LogP) is 4.37. The second-order valence-electron chi connectivity index (χ2n) is 23.0. The van der Waals surface area contributed by atoms with Crippen molar-refractivity contribution in [1.82, 2.24) is 47.4 Å². The molecule has 0 bridgehead atoms. The van der Waals surface area contributed by atoms with Crippen molar-refractivity contribution in [2.45, 2.75) is 167 Å². The minimum atomic E-state index is -1.03. The molecule has 1 aliphatic heterocycles. The third-order valence-electron chi connectivity index (χ3n) is 16.1. The monoisotopic (exact) mass is 1060 g/mol. The third kappa shape index (κ3) is 15.7. The lowest BCUT2D eigenvalue weighted by atomic mass is 9.83. The molecule has 420 valence electrons. The number of carbonyl (C=O) groups is 8. The van der Waals surface area contributed by atoms with Crippen LogP contribution in [0.5, 0.6) is 0 Å². The van der Waals surface area contributed by atoms with E-state index in [9.17, 15) is 43.5 Å². The fourth-order valence-electron chi connectivity index (χ4n) is 10.8. The molecule has 9 N–H and O–H groups in total. The Morgan fingerprint density at radius 2 is 1.38 bits per heavy atom. The van der Waals surface area contributed by atoms with Crippen LogP contribution in [0.3, 0.4) is 0 Å². The van der Waals surface area contributed by atoms with E-state index in [1.54, 1.807) is 62.3 Å². The SMILES string of the molecule is CN[C@@H](C)C(=O)N[C@H](C(=O)N1C[C@@H](CC(=O)c2ccc3cc(C(=O)NCC[C@H](NC(=O)[C@@H](NC(=O)[C@H](CO)NC)C4CCCCC4)C(=O)N[C@H](C)C(C)C)ccc3c2)C[C@H]1C(=O)N[C@@H]1CCCc2ccccc21)C(C)(C)C. The number of aliphatic hydroxyl groups is 1. The molecule has 3 aromatic carbocycles. The summed E-state index contributed by atoms with van der Waals surface area (Å²) in [6.45, 7) is 12.9. The zero-order valence-corrected chi connectivity index (χ0v) is 46.7. The Labute approximate surface area is 454 Å². The average molecular weight is 1060 g/mol. The Hall–Kier alpha value is -6.24. The van der Waals surface area contributed by atoms with E-state index in [1.807, 2.05) is 59.7 Å². The Bertz CT molecular complexity index is 2590. The molecule has 7 amide bonds. The van der Waals surface area contributed by atoms with Crippen molar-refractivity contribution < 1.29 is 43.5 Å². The number of fused-ring (bicyclic) bond motifs is 2. The molecule has 2 fully saturated rings. The summed E-state index contributed by atoms with van der Waals surface area (Å²) in [6.07, 6.45) is 7.27. The number of benzene rings is 3. The van der Waals surface area contributed by atoms with Gasteiger partial charge >= 0.3 is 0 Å². The number of hydrogen-bond acceptors (Lipinski definition) is 11. The summed E-state index contributed by atoms with van der Waals surface area (Å²) in [7, 11) is 3.22. The summed E-state index contributed by atoms with van der Waals surface area (Å²) in [6, 6.07) is 12.8. The molecule has 18 nitrogen and oxygen atoms in total. The van der Waals surface area contributed by atoms with Gasteiger partial charge in [-0.3, -0.25) is 38.4 Å². The van der Waals surface area contributed by atoms with Gasteiger partial charge in [-0.05, 0) is 136 Å². The molecule has 0 radical (unpaired) electrons. The maximum absolute atomic E-state index is 14.7. The van der Waals surface area contributed by atoms with Gasteiger partial charge in [-0.25, -0.2) is 0 Å². The Morgan fingerprint density at radius 3 is 2.03 bits per heavy atom. The lowest BCUT2D eigenvalue weighted by molar-refractivity contribution is -0.144. The van der Waals surface area contributed by atoms with E-state index >= 15 is 0 Å². The first kappa shape index (κ1) is 60.0. The maximum Gasteiger partial charge on any atom is 0.251 e. The Morgan fingerprint density at radius 1 is 0.714 bits per heavy atom. The van der Waals surface area contributed by atoms with E-state index < -0.39 is 71.9 Å². The third-order valence-corrected chi connectivity index (χ3v) is 16.1. The molecule has 0 aromatic heterocycles. The normalized spacial score (nSPS) is 20.1. The van der Waals surface area contributed by atoms with Crippen LogP contribution in [0.15, 0.2) is 60.7 Å². The largest absolute Gasteiger partial charge is 0.394 e. The highest BCUT2D eigenvalue weighted by atomic mass is 16.3. The van der Waals surface area contributed by atoms with E-state index in [0.29, 0.717) is 16.5 Å². The van der Waals surface area contributed by atoms with Crippen molar-refractivity contribution in [2.75, 3.05) is 33.8 Å². The van der Waals surface area contributed by atoms with Crippen LogP contribution in [0, 0.1) is 23.2 Å². The highest BCUT2D eigenvalue weighted by Crippen LogP contribution is 2.34. The van der Waals surface area contributed by atoms with Crippen molar-refractivity contribution in [3.63, 3.8) is 0 Å². The van der Waals surface area contributed by atoms with E-state index in [2.05, 4.69) is 48.6 Å². The van der Waals surface area contributed by atoms with E-state index in [1.165, 1.54) is 5.56 Å². The average Bonchev–Trinajstić information content (AvgIpc) is 3.85. The van der Waals surface area contributed by atoms with Gasteiger partial charge in [0.25, 0.3) is 5.91 Å². The first-order valence-corrected chi connectivity index (χ1v) is 27.8. The number of nitrogens with zero attached hydrogens (tertiary/aromatic N) is 1. The summed E-state index contributed by atoms with van der Waals surface area (Å²) in [4.78, 5) is 112. The number of carbonyl (C=O) groups excluding carboxylic acids is 8. The number of nitrogens with one attached hydrogen (secondary N) is 8. The van der Waals surface area contributed by atoms with Gasteiger partial charge in [0.1, 0.15) is 30.2 Å². The standard InChI is InChI=1S/C59H85N9O9/c1-34(2)35(3)63-54(73)46(65-57(76)50(39-17-11-10-12-18-39)66-55(74)47(33-69)61-9)26-27-62-53(72)43-25-23-40-30-42(24-22-41(40)31-43)49(70)29-37-28-48(56(75)64-45-21-15-19-38-16-13-14-20-44(38)45)68(32-37)58(77)51(59(5,6)7)67-52(71)36(4)60-8/h13-14,16,20,22-25,30-31,34-37,39,45-48,50-51,60-61,69H,10-12,15,17-19,21,26-29,32-33H2,1-9H3,(H,62,72)(H,63,73)(H,64,75)(H,65,76)(H,66,74)(H,67,71)/t35-,36+,37-,45-,46+,47+,48+,50+,51-/m1/s1. The molecule has 77 heavy (non-hydrogen) atoms. The van der Waals surface area contributed by atoms with Gasteiger partial charge < -0.3 is 52.5 Å². The minimum Gasteiger partial charge on any atom is -0.394 e. The molecule has 3 aliphatic rings. The predicted molar refractivity (Wildman–Crippen MR) is 296 cm³/mol. The zero-order chi connectivity index (χ0) is 56.1. The van der Waals surface area contributed by atoms with E-state index in [0.717, 1.165) is 62.3 Å². The zero-order valence-electron chi connectivity index (χ0n) is 46.7. The Kier molecular flexibility index (Phi) is 21.3. The lowest BCUT2D eigenvalue weighted by Crippen LogP contribution is -2.59. The number of rotatable bonds is 23. The molecule has 1 saturated carbocycles. The highest BCUT2D eigenvalue weighted by molar-refractivity contribution is 6.03. The number of amides is 7. The summed E-state index contributed by atoms with van der Waals surface area (Å²) in [5, 5.41) is 34.7. The van der Waals surface area contributed by atoms with Crippen molar-refractivity contribution in [2.24, 2.45) is 23.2 Å². The molecule has 1 heterocycles. The van der Waals surface area contributed by atoms with Crippen LogP contribution in [0.1, 0.15) is 151 Å². The number of aryl methyl sites for hydroxylation is 1. The van der Waals surface area contributed by atoms with Crippen LogP contribution in [0.25, 0.3) is 10.8 Å². The minimum absolute atomic E-state index is 0.0355. The first-order valence-electron chi connectivity index (χ1n) is 27.8. The van der Waals surface area contributed by atoms with Crippen LogP contribution in [-0.2, 0) is 35.2 Å². The fourth-order valence-corrected chi connectivity index (χ4v) is 10.8. The molecule has 18 heteroatoms. The molecule has 3 aromatic rings. The van der Waals surface area contributed by atoms with Gasteiger partial charge in [-0.15, -0.1) is 0 Å². The van der Waals surface area contributed by atoms with Crippen molar-refractivity contribution in [3.05, 3.63) is 82.9 Å². The van der Waals surface area contributed by atoms with E-state index in [-0.39, 0.29) is 85.7 Å². The summed E-state index contributed by atoms with van der Waals surface area (Å²) < 4.78 is 0. The molecule has 2 aliphatic carbocycles. The number of hydrogen-bond donors (Lipinski definition) is 9. The number of ketones is 1. The van der Waals surface area contributed by atoms with Crippen LogP contribution in [0.4, 0.5) is 0 Å². The quantitative estimate of drug-likeness (QED) is 0.0603.